The summed E-state index contributed by atoms with van der Waals surface area (Å²) in [5.74, 6) is 0.211. The summed E-state index contributed by atoms with van der Waals surface area (Å²) in [7, 11) is -3.16. The van der Waals surface area contributed by atoms with Crippen molar-refractivity contribution >= 4 is 10.0 Å². The molecule has 0 saturated heterocycles. The minimum absolute atomic E-state index is 0.211. The molecular formula is C11H26N2O2S. The first-order valence-electron chi connectivity index (χ1n) is 6.08. The molecule has 0 spiro atoms. The van der Waals surface area contributed by atoms with Gasteiger partial charge in [0.1, 0.15) is 0 Å². The Kier molecular flexibility index (Phi) is 6.51. The van der Waals surface area contributed by atoms with Gasteiger partial charge in [-0.2, -0.15) is 4.31 Å². The summed E-state index contributed by atoms with van der Waals surface area (Å²) in [6.45, 7) is 8.71. The molecule has 0 aliphatic rings. The molecule has 0 aromatic rings. The zero-order valence-electron chi connectivity index (χ0n) is 11.0. The van der Waals surface area contributed by atoms with E-state index in [1.807, 2.05) is 27.7 Å². The Labute approximate surface area is 100 Å². The van der Waals surface area contributed by atoms with Crippen molar-refractivity contribution in [1.82, 2.24) is 4.31 Å². The van der Waals surface area contributed by atoms with Gasteiger partial charge in [-0.15, -0.1) is 0 Å². The van der Waals surface area contributed by atoms with Crippen LogP contribution in [0.15, 0.2) is 0 Å². The molecule has 0 saturated carbocycles. The summed E-state index contributed by atoms with van der Waals surface area (Å²) in [6, 6.07) is 0. The average molecular weight is 250 g/mol. The Morgan fingerprint density at radius 1 is 1.19 bits per heavy atom. The van der Waals surface area contributed by atoms with Crippen molar-refractivity contribution in [3.05, 3.63) is 0 Å². The molecule has 0 fully saturated rings. The highest BCUT2D eigenvalue weighted by atomic mass is 32.2. The molecule has 1 atom stereocenters. The number of rotatable bonds is 8. The smallest absolute Gasteiger partial charge is 0.214 e. The molecule has 0 amide bonds. The summed E-state index contributed by atoms with van der Waals surface area (Å²) < 4.78 is 25.9. The van der Waals surface area contributed by atoms with Gasteiger partial charge < -0.3 is 5.73 Å². The second-order valence-corrected chi connectivity index (χ2v) is 6.46. The predicted molar refractivity (Wildman–Crippen MR) is 68.8 cm³/mol. The first kappa shape index (κ1) is 15.9. The lowest BCUT2D eigenvalue weighted by Gasteiger charge is -2.38. The summed E-state index contributed by atoms with van der Waals surface area (Å²) in [4.78, 5) is 0. The van der Waals surface area contributed by atoms with Gasteiger partial charge in [-0.25, -0.2) is 8.42 Å². The number of nitrogens with zero attached hydrogens (tertiary/aromatic N) is 1. The molecule has 0 aliphatic carbocycles. The quantitative estimate of drug-likeness (QED) is 0.711. The average Bonchev–Trinajstić information content (AvgIpc) is 2.24. The third kappa shape index (κ3) is 3.71. The standard InChI is InChI=1S/C11H26N2O2S/c1-5-8-13(11(4,7-3)10-12)16(14,15)9-6-2/h5-10,12H2,1-4H3. The second-order valence-electron chi connectivity index (χ2n) is 4.44. The Bertz CT molecular complexity index is 284. The van der Waals surface area contributed by atoms with E-state index in [2.05, 4.69) is 0 Å². The van der Waals surface area contributed by atoms with Crippen LogP contribution >= 0.6 is 0 Å². The van der Waals surface area contributed by atoms with Crippen LogP contribution in [0.3, 0.4) is 0 Å². The van der Waals surface area contributed by atoms with Crippen LogP contribution in [0.5, 0.6) is 0 Å². The van der Waals surface area contributed by atoms with Gasteiger partial charge in [-0.3, -0.25) is 0 Å². The molecule has 1 unspecified atom stereocenters. The van der Waals surface area contributed by atoms with Gasteiger partial charge in [0.2, 0.25) is 10.0 Å². The molecule has 0 radical (unpaired) electrons. The third-order valence-corrected chi connectivity index (χ3v) is 5.25. The lowest BCUT2D eigenvalue weighted by molar-refractivity contribution is 0.206. The van der Waals surface area contributed by atoms with Crippen LogP contribution in [-0.4, -0.2) is 37.1 Å². The largest absolute Gasteiger partial charge is 0.329 e. The van der Waals surface area contributed by atoms with Gasteiger partial charge in [-0.05, 0) is 26.2 Å². The molecular weight excluding hydrogens is 224 g/mol. The van der Waals surface area contributed by atoms with Gasteiger partial charge in [0.25, 0.3) is 0 Å². The molecule has 16 heavy (non-hydrogen) atoms. The Balaban J connectivity index is 5.13. The molecule has 0 bridgehead atoms. The Morgan fingerprint density at radius 3 is 2.06 bits per heavy atom. The summed E-state index contributed by atoms with van der Waals surface area (Å²) in [6.07, 6.45) is 2.21. The number of hydrogen-bond acceptors (Lipinski definition) is 3. The normalized spacial score (nSPS) is 16.4. The molecule has 0 aromatic carbocycles. The first-order valence-corrected chi connectivity index (χ1v) is 7.69. The molecule has 4 nitrogen and oxygen atoms in total. The van der Waals surface area contributed by atoms with Crippen molar-refractivity contribution in [2.45, 2.75) is 52.5 Å². The van der Waals surface area contributed by atoms with Gasteiger partial charge in [0.15, 0.2) is 0 Å². The van der Waals surface area contributed by atoms with Gasteiger partial charge >= 0.3 is 0 Å². The number of hydrogen-bond donors (Lipinski definition) is 1. The topological polar surface area (TPSA) is 63.4 Å². The lowest BCUT2D eigenvalue weighted by Crippen LogP contribution is -2.54. The van der Waals surface area contributed by atoms with Gasteiger partial charge in [0, 0.05) is 18.6 Å². The fourth-order valence-electron chi connectivity index (χ4n) is 1.74. The third-order valence-electron chi connectivity index (χ3n) is 3.03. The molecule has 0 heterocycles. The lowest BCUT2D eigenvalue weighted by atomic mass is 9.99. The van der Waals surface area contributed by atoms with Crippen molar-refractivity contribution in [1.29, 1.82) is 0 Å². The zero-order valence-corrected chi connectivity index (χ0v) is 11.8. The Morgan fingerprint density at radius 2 is 1.75 bits per heavy atom. The minimum Gasteiger partial charge on any atom is -0.329 e. The van der Waals surface area contributed by atoms with E-state index in [1.54, 1.807) is 4.31 Å². The number of sulfonamides is 1. The van der Waals surface area contributed by atoms with E-state index in [9.17, 15) is 8.42 Å². The van der Waals surface area contributed by atoms with E-state index >= 15 is 0 Å². The Hall–Kier alpha value is -0.130. The van der Waals surface area contributed by atoms with Crippen molar-refractivity contribution in [2.75, 3.05) is 18.8 Å². The van der Waals surface area contributed by atoms with Crippen molar-refractivity contribution in [2.24, 2.45) is 5.73 Å². The van der Waals surface area contributed by atoms with Crippen molar-refractivity contribution < 1.29 is 8.42 Å². The van der Waals surface area contributed by atoms with Crippen LogP contribution in [0.25, 0.3) is 0 Å². The van der Waals surface area contributed by atoms with E-state index in [1.165, 1.54) is 0 Å². The fraction of sp³-hybridized carbons (Fsp3) is 1.00. The highest BCUT2D eigenvalue weighted by Gasteiger charge is 2.36. The predicted octanol–water partition coefficient (Wildman–Crippen LogP) is 1.57. The van der Waals surface area contributed by atoms with E-state index in [4.69, 9.17) is 5.73 Å². The van der Waals surface area contributed by atoms with Crippen molar-refractivity contribution in [3.8, 4) is 0 Å². The van der Waals surface area contributed by atoms with Crippen molar-refractivity contribution in [3.63, 3.8) is 0 Å². The monoisotopic (exact) mass is 250 g/mol. The maximum absolute atomic E-state index is 12.2. The molecule has 2 N–H and O–H groups in total. The molecule has 98 valence electrons. The van der Waals surface area contributed by atoms with Crippen LogP contribution in [-0.2, 0) is 10.0 Å². The van der Waals surface area contributed by atoms with E-state index in [-0.39, 0.29) is 5.75 Å². The molecule has 0 rings (SSSR count). The van der Waals surface area contributed by atoms with Crippen LogP contribution < -0.4 is 5.73 Å². The van der Waals surface area contributed by atoms with Crippen LogP contribution in [0.2, 0.25) is 0 Å². The highest BCUT2D eigenvalue weighted by molar-refractivity contribution is 7.89. The highest BCUT2D eigenvalue weighted by Crippen LogP contribution is 2.23. The second kappa shape index (κ2) is 6.57. The van der Waals surface area contributed by atoms with E-state index in [0.29, 0.717) is 19.5 Å². The minimum atomic E-state index is -3.16. The summed E-state index contributed by atoms with van der Waals surface area (Å²) in [5, 5.41) is 0. The van der Waals surface area contributed by atoms with Crippen LogP contribution in [0.1, 0.15) is 47.0 Å². The molecule has 5 heteroatoms. The fourth-order valence-corrected chi connectivity index (χ4v) is 3.81. The maximum atomic E-state index is 12.2. The maximum Gasteiger partial charge on any atom is 0.214 e. The van der Waals surface area contributed by atoms with Gasteiger partial charge in [0.05, 0.1) is 5.75 Å². The van der Waals surface area contributed by atoms with Gasteiger partial charge in [-0.1, -0.05) is 20.8 Å². The van der Waals surface area contributed by atoms with E-state index < -0.39 is 15.6 Å². The molecule has 0 aliphatic heterocycles. The zero-order chi connectivity index (χ0) is 12.8. The van der Waals surface area contributed by atoms with Crippen LogP contribution in [0, 0.1) is 0 Å². The summed E-state index contributed by atoms with van der Waals surface area (Å²) >= 11 is 0. The first-order chi connectivity index (χ1) is 7.37. The van der Waals surface area contributed by atoms with Crippen LogP contribution in [0.4, 0.5) is 0 Å². The summed E-state index contributed by atoms with van der Waals surface area (Å²) in [5.41, 5.74) is 5.29. The molecule has 0 aromatic heterocycles. The van der Waals surface area contributed by atoms with E-state index in [0.717, 1.165) is 12.8 Å². The number of nitrogens with two attached hydrogens (primary N) is 1. The SMILES string of the molecule is CCCN(C(C)(CC)CN)S(=O)(=O)CCC.